The first-order valence-electron chi connectivity index (χ1n) is 9.94. The number of aryl methyl sites for hydroxylation is 1. The van der Waals surface area contributed by atoms with Crippen LogP contribution in [-0.2, 0) is 4.79 Å². The van der Waals surface area contributed by atoms with Crippen molar-refractivity contribution >= 4 is 49.1 Å². The maximum atomic E-state index is 12.9. The summed E-state index contributed by atoms with van der Waals surface area (Å²) >= 11 is 3.15. The van der Waals surface area contributed by atoms with Crippen LogP contribution in [0.3, 0.4) is 0 Å². The highest BCUT2D eigenvalue weighted by Gasteiger charge is 2.28. The van der Waals surface area contributed by atoms with E-state index in [9.17, 15) is 4.79 Å². The molecule has 1 unspecified atom stereocenters. The second-order valence-electron chi connectivity index (χ2n) is 7.52. The molecule has 6 nitrogen and oxygen atoms in total. The zero-order chi connectivity index (χ0) is 20.5. The molecule has 4 aromatic rings. The van der Waals surface area contributed by atoms with E-state index >= 15 is 0 Å². The Morgan fingerprint density at radius 3 is 3.07 bits per heavy atom. The minimum atomic E-state index is -0.0711. The number of nitrogens with one attached hydrogen (secondary N) is 1. The molecule has 8 heteroatoms. The lowest BCUT2D eigenvalue weighted by Gasteiger charge is -2.31. The molecule has 152 valence electrons. The summed E-state index contributed by atoms with van der Waals surface area (Å²) in [4.78, 5) is 28.6. The average Bonchev–Trinajstić information content (AvgIpc) is 3.41. The summed E-state index contributed by atoms with van der Waals surface area (Å²) in [6.07, 6.45) is 5.37. The molecule has 0 bridgehead atoms. The fraction of sp³-hybridized carbons (Fsp3) is 0.273. The number of hydrogen-bond donors (Lipinski definition) is 1. The van der Waals surface area contributed by atoms with Crippen LogP contribution in [0.5, 0.6) is 0 Å². The number of nitrogens with zero attached hydrogens (tertiary/aromatic N) is 4. The van der Waals surface area contributed by atoms with E-state index in [1.54, 1.807) is 23.7 Å². The summed E-state index contributed by atoms with van der Waals surface area (Å²) in [5.41, 5.74) is 4.04. The molecule has 3 aromatic heterocycles. The summed E-state index contributed by atoms with van der Waals surface area (Å²) in [5.74, 6) is -0.0398. The van der Waals surface area contributed by atoms with Crippen LogP contribution < -0.4 is 10.2 Å². The Morgan fingerprint density at radius 1 is 1.27 bits per heavy atom. The third-order valence-electron chi connectivity index (χ3n) is 5.29. The molecule has 0 spiro atoms. The van der Waals surface area contributed by atoms with Gasteiger partial charge in [0.15, 0.2) is 10.3 Å². The van der Waals surface area contributed by atoms with E-state index in [0.29, 0.717) is 11.7 Å². The van der Waals surface area contributed by atoms with Crippen molar-refractivity contribution in [2.75, 3.05) is 23.3 Å². The predicted octanol–water partition coefficient (Wildman–Crippen LogP) is 4.98. The van der Waals surface area contributed by atoms with Crippen molar-refractivity contribution in [2.24, 2.45) is 5.92 Å². The number of amides is 1. The number of aromatic nitrogens is 3. The van der Waals surface area contributed by atoms with E-state index in [-0.39, 0.29) is 11.8 Å². The first kappa shape index (κ1) is 19.1. The van der Waals surface area contributed by atoms with Gasteiger partial charge in [0, 0.05) is 36.4 Å². The second kappa shape index (κ2) is 8.12. The predicted molar refractivity (Wildman–Crippen MR) is 123 cm³/mol. The van der Waals surface area contributed by atoms with Gasteiger partial charge in [0.2, 0.25) is 5.91 Å². The first-order valence-corrected chi connectivity index (χ1v) is 11.6. The number of carbonyl (C=O) groups excluding carboxylic acids is 1. The lowest BCUT2D eigenvalue weighted by atomic mass is 9.97. The number of anilines is 2. The molecule has 1 aliphatic heterocycles. The molecule has 4 heterocycles. The van der Waals surface area contributed by atoms with Gasteiger partial charge < -0.3 is 10.2 Å². The standard InChI is InChI=1S/C22H21N5OS2/c1-14-6-7-17-19(10-14)30-22(25-17)27-9-3-5-16(12-27)20(28)26-21-24-18(13-29-21)15-4-2-8-23-11-15/h2,4,6-8,10-11,13,16H,3,5,9,12H2,1H3,(H,24,26,28). The number of carbonyl (C=O) groups is 1. The highest BCUT2D eigenvalue weighted by molar-refractivity contribution is 7.22. The zero-order valence-electron chi connectivity index (χ0n) is 16.5. The molecule has 1 amide bonds. The molecule has 30 heavy (non-hydrogen) atoms. The summed E-state index contributed by atoms with van der Waals surface area (Å²) < 4.78 is 1.20. The Morgan fingerprint density at radius 2 is 2.20 bits per heavy atom. The third kappa shape index (κ3) is 3.93. The topological polar surface area (TPSA) is 71.0 Å². The van der Waals surface area contributed by atoms with E-state index in [0.717, 1.165) is 41.3 Å². The van der Waals surface area contributed by atoms with Crippen molar-refractivity contribution in [1.29, 1.82) is 0 Å². The molecular formula is C22H21N5OS2. The van der Waals surface area contributed by atoms with Gasteiger partial charge in [0.25, 0.3) is 0 Å². The van der Waals surface area contributed by atoms with Crippen LogP contribution in [0.1, 0.15) is 18.4 Å². The maximum Gasteiger partial charge on any atom is 0.231 e. The van der Waals surface area contributed by atoms with E-state index < -0.39 is 0 Å². The van der Waals surface area contributed by atoms with Crippen molar-refractivity contribution in [3.63, 3.8) is 0 Å². The van der Waals surface area contributed by atoms with Crippen LogP contribution in [0, 0.1) is 12.8 Å². The molecule has 1 atom stereocenters. The van der Waals surface area contributed by atoms with Crippen LogP contribution in [-0.4, -0.2) is 33.9 Å². The smallest absolute Gasteiger partial charge is 0.231 e. The van der Waals surface area contributed by atoms with Gasteiger partial charge in [-0.3, -0.25) is 9.78 Å². The van der Waals surface area contributed by atoms with Crippen LogP contribution in [0.2, 0.25) is 0 Å². The molecule has 1 fully saturated rings. The van der Waals surface area contributed by atoms with Crippen molar-refractivity contribution in [2.45, 2.75) is 19.8 Å². The third-order valence-corrected chi connectivity index (χ3v) is 7.12. The monoisotopic (exact) mass is 435 g/mol. The SMILES string of the molecule is Cc1ccc2nc(N3CCCC(C(=O)Nc4nc(-c5cccnc5)cs4)C3)sc2c1. The first-order chi connectivity index (χ1) is 14.7. The molecule has 1 aromatic carbocycles. The number of piperidine rings is 1. The summed E-state index contributed by atoms with van der Waals surface area (Å²) in [6.45, 7) is 3.72. The highest BCUT2D eigenvalue weighted by Crippen LogP contribution is 2.32. The quantitative estimate of drug-likeness (QED) is 0.490. The van der Waals surface area contributed by atoms with Gasteiger partial charge in [-0.1, -0.05) is 17.4 Å². The molecule has 5 rings (SSSR count). The number of thiazole rings is 2. The number of fused-ring (bicyclic) bond motifs is 1. The number of pyridine rings is 1. The summed E-state index contributed by atoms with van der Waals surface area (Å²) in [7, 11) is 0. The maximum absolute atomic E-state index is 12.9. The summed E-state index contributed by atoms with van der Waals surface area (Å²) in [6, 6.07) is 10.2. The number of hydrogen-bond acceptors (Lipinski definition) is 7. The fourth-order valence-electron chi connectivity index (χ4n) is 3.71. The fourth-order valence-corrected chi connectivity index (χ4v) is 5.53. The Hall–Kier alpha value is -2.84. The van der Waals surface area contributed by atoms with Gasteiger partial charge in [-0.25, -0.2) is 9.97 Å². The Kier molecular flexibility index (Phi) is 5.18. The lowest BCUT2D eigenvalue weighted by Crippen LogP contribution is -2.40. The average molecular weight is 436 g/mol. The van der Waals surface area contributed by atoms with Gasteiger partial charge in [-0.05, 0) is 49.6 Å². The lowest BCUT2D eigenvalue weighted by molar-refractivity contribution is -0.120. The van der Waals surface area contributed by atoms with E-state index in [2.05, 4.69) is 45.3 Å². The van der Waals surface area contributed by atoms with Gasteiger partial charge in [-0.15, -0.1) is 11.3 Å². The highest BCUT2D eigenvalue weighted by atomic mass is 32.1. The van der Waals surface area contributed by atoms with Crippen LogP contribution >= 0.6 is 22.7 Å². The molecule has 1 aliphatic rings. The van der Waals surface area contributed by atoms with Crippen LogP contribution in [0.25, 0.3) is 21.5 Å². The largest absolute Gasteiger partial charge is 0.347 e. The van der Waals surface area contributed by atoms with Gasteiger partial charge in [0.05, 0.1) is 21.8 Å². The molecule has 1 saturated heterocycles. The van der Waals surface area contributed by atoms with Gasteiger partial charge >= 0.3 is 0 Å². The van der Waals surface area contributed by atoms with Crippen LogP contribution in [0.15, 0.2) is 48.1 Å². The molecule has 0 saturated carbocycles. The minimum Gasteiger partial charge on any atom is -0.347 e. The van der Waals surface area contributed by atoms with E-state index in [1.807, 2.05) is 17.5 Å². The van der Waals surface area contributed by atoms with Crippen LogP contribution in [0.4, 0.5) is 10.3 Å². The summed E-state index contributed by atoms with van der Waals surface area (Å²) in [5, 5.41) is 6.59. The molecule has 1 N–H and O–H groups in total. The minimum absolute atomic E-state index is 0.0312. The molecule has 0 aliphatic carbocycles. The Bertz CT molecular complexity index is 1190. The zero-order valence-corrected chi connectivity index (χ0v) is 18.2. The Labute approximate surface area is 182 Å². The van der Waals surface area contributed by atoms with Crippen molar-refractivity contribution in [3.8, 4) is 11.3 Å². The second-order valence-corrected chi connectivity index (χ2v) is 9.39. The number of rotatable bonds is 4. The van der Waals surface area contributed by atoms with Crippen molar-refractivity contribution < 1.29 is 4.79 Å². The van der Waals surface area contributed by atoms with Gasteiger partial charge in [-0.2, -0.15) is 0 Å². The molecule has 0 radical (unpaired) electrons. The normalized spacial score (nSPS) is 16.7. The number of benzene rings is 1. The van der Waals surface area contributed by atoms with E-state index in [4.69, 9.17) is 4.98 Å². The van der Waals surface area contributed by atoms with E-state index in [1.165, 1.54) is 21.6 Å². The van der Waals surface area contributed by atoms with Gasteiger partial charge in [0.1, 0.15) is 0 Å². The Balaban J connectivity index is 1.27. The molecular weight excluding hydrogens is 414 g/mol. The van der Waals surface area contributed by atoms with Crippen molar-refractivity contribution in [3.05, 3.63) is 53.7 Å². The van der Waals surface area contributed by atoms with Crippen molar-refractivity contribution in [1.82, 2.24) is 15.0 Å².